The molecule has 0 spiro atoms. The van der Waals surface area contributed by atoms with Crippen molar-refractivity contribution in [1.29, 1.82) is 0 Å². The number of carbonyl (C=O) groups excluding carboxylic acids is 1. The summed E-state index contributed by atoms with van der Waals surface area (Å²) in [5.41, 5.74) is -1.03. The number of amides is 1. The maximum atomic E-state index is 15.0. The van der Waals surface area contributed by atoms with Crippen molar-refractivity contribution in [3.63, 3.8) is 0 Å². The van der Waals surface area contributed by atoms with Crippen molar-refractivity contribution in [1.82, 2.24) is 9.47 Å². The van der Waals surface area contributed by atoms with E-state index in [-0.39, 0.29) is 40.2 Å². The molecule has 1 fully saturated rings. The Morgan fingerprint density at radius 3 is 2.57 bits per heavy atom. The van der Waals surface area contributed by atoms with E-state index in [4.69, 9.17) is 21.1 Å². The van der Waals surface area contributed by atoms with Crippen LogP contribution >= 0.6 is 11.6 Å². The Kier molecular flexibility index (Phi) is 8.14. The molecule has 198 valence electrons. The highest BCUT2D eigenvalue weighted by atomic mass is 35.5. The van der Waals surface area contributed by atoms with Gasteiger partial charge in [-0.05, 0) is 55.5 Å². The molecule has 1 saturated heterocycles. The first-order chi connectivity index (χ1) is 17.6. The van der Waals surface area contributed by atoms with Gasteiger partial charge in [0.1, 0.15) is 11.5 Å². The van der Waals surface area contributed by atoms with Gasteiger partial charge in [-0.25, -0.2) is 9.18 Å². The molecule has 1 aliphatic heterocycles. The molecule has 10 heteroatoms. The average Bonchev–Trinajstić information content (AvgIpc) is 3.45. The van der Waals surface area contributed by atoms with Crippen LogP contribution in [0.5, 0.6) is 5.88 Å². The number of nitrogens with zero attached hydrogens (tertiary/aromatic N) is 2. The summed E-state index contributed by atoms with van der Waals surface area (Å²) in [6.45, 7) is 1.96. The highest BCUT2D eigenvalue weighted by molar-refractivity contribution is 6.30. The van der Waals surface area contributed by atoms with Crippen molar-refractivity contribution in [3.8, 4) is 17.0 Å². The summed E-state index contributed by atoms with van der Waals surface area (Å²) in [6.07, 6.45) is -3.23. The van der Waals surface area contributed by atoms with E-state index in [9.17, 15) is 18.0 Å². The van der Waals surface area contributed by atoms with Crippen molar-refractivity contribution < 1.29 is 31.8 Å². The SMILES string of the molecule is Cc1c(-c2ccc(Cl)cc2F)c(OC(=O)N(C)CCC2CCCO2)n(Cc2ccccc2)c1C(F)(F)F. The Hall–Kier alpha value is -3.04. The summed E-state index contributed by atoms with van der Waals surface area (Å²) in [5, 5.41) is 0.0890. The fourth-order valence-corrected chi connectivity index (χ4v) is 4.74. The zero-order valence-corrected chi connectivity index (χ0v) is 21.2. The largest absolute Gasteiger partial charge is 0.431 e. The van der Waals surface area contributed by atoms with Gasteiger partial charge in [0.05, 0.1) is 18.2 Å². The second kappa shape index (κ2) is 11.1. The molecule has 1 aromatic heterocycles. The number of carbonyl (C=O) groups is 1. The number of rotatable bonds is 7. The Morgan fingerprint density at radius 1 is 1.22 bits per heavy atom. The minimum Gasteiger partial charge on any atom is -0.392 e. The van der Waals surface area contributed by atoms with Crippen LogP contribution in [0.1, 0.15) is 36.1 Å². The Balaban J connectivity index is 1.79. The van der Waals surface area contributed by atoms with Gasteiger partial charge in [0.25, 0.3) is 0 Å². The molecule has 5 nitrogen and oxygen atoms in total. The molecule has 0 saturated carbocycles. The highest BCUT2D eigenvalue weighted by Crippen LogP contribution is 2.46. The Morgan fingerprint density at radius 2 is 1.95 bits per heavy atom. The number of hydrogen-bond donors (Lipinski definition) is 0. The second-order valence-electron chi connectivity index (χ2n) is 9.06. The standard InChI is InChI=1S/C27H27ClF4N2O3/c1-17-23(21-11-10-19(28)15-22(21)29)25(37-26(35)33(2)13-12-20-9-6-14-36-20)34(24(17)27(30,31)32)16-18-7-4-3-5-8-18/h3-5,7-8,10-11,15,20H,6,9,12-14,16H2,1-2H3. The zero-order chi connectivity index (χ0) is 26.7. The quantitative estimate of drug-likeness (QED) is 0.296. The van der Waals surface area contributed by atoms with E-state index in [2.05, 4.69) is 0 Å². The maximum Gasteiger partial charge on any atom is 0.431 e. The number of benzene rings is 2. The fourth-order valence-electron chi connectivity index (χ4n) is 4.58. The summed E-state index contributed by atoms with van der Waals surface area (Å²) in [6, 6.07) is 12.1. The third-order valence-corrected chi connectivity index (χ3v) is 6.65. The smallest absolute Gasteiger partial charge is 0.392 e. The lowest BCUT2D eigenvalue weighted by molar-refractivity contribution is -0.144. The van der Waals surface area contributed by atoms with Gasteiger partial charge in [0, 0.05) is 30.8 Å². The molecule has 0 N–H and O–H groups in total. The molecular weight excluding hydrogens is 512 g/mol. The fraction of sp³-hybridized carbons (Fsp3) is 0.370. The summed E-state index contributed by atoms with van der Waals surface area (Å²) < 4.78 is 70.2. The molecule has 0 radical (unpaired) electrons. The van der Waals surface area contributed by atoms with Gasteiger partial charge in [-0.1, -0.05) is 41.9 Å². The van der Waals surface area contributed by atoms with Gasteiger partial charge in [-0.3, -0.25) is 0 Å². The predicted molar refractivity (Wildman–Crippen MR) is 132 cm³/mol. The lowest BCUT2D eigenvalue weighted by atomic mass is 10.0. The number of alkyl halides is 3. The van der Waals surface area contributed by atoms with Crippen molar-refractivity contribution in [2.45, 2.75) is 45.0 Å². The molecule has 0 bridgehead atoms. The monoisotopic (exact) mass is 538 g/mol. The van der Waals surface area contributed by atoms with E-state index in [0.717, 1.165) is 23.5 Å². The van der Waals surface area contributed by atoms with E-state index in [0.29, 0.717) is 25.1 Å². The van der Waals surface area contributed by atoms with Gasteiger partial charge in [0.15, 0.2) is 0 Å². The summed E-state index contributed by atoms with van der Waals surface area (Å²) in [5.74, 6) is -1.21. The van der Waals surface area contributed by atoms with Gasteiger partial charge in [-0.15, -0.1) is 0 Å². The molecule has 37 heavy (non-hydrogen) atoms. The number of halogens is 5. The van der Waals surface area contributed by atoms with Crippen LogP contribution in [0.3, 0.4) is 0 Å². The number of ether oxygens (including phenoxy) is 2. The average molecular weight is 539 g/mol. The van der Waals surface area contributed by atoms with Crippen LogP contribution in [0.25, 0.3) is 11.1 Å². The van der Waals surface area contributed by atoms with Gasteiger partial charge in [-0.2, -0.15) is 13.2 Å². The first-order valence-electron chi connectivity index (χ1n) is 11.9. The summed E-state index contributed by atoms with van der Waals surface area (Å²) in [7, 11) is 1.50. The van der Waals surface area contributed by atoms with Crippen LogP contribution in [-0.2, 0) is 17.5 Å². The Labute approximate surface area is 217 Å². The first-order valence-corrected chi connectivity index (χ1v) is 12.3. The molecule has 1 aliphatic rings. The molecule has 1 amide bonds. The van der Waals surface area contributed by atoms with Crippen LogP contribution < -0.4 is 4.74 Å². The van der Waals surface area contributed by atoms with Gasteiger partial charge < -0.3 is 18.9 Å². The van der Waals surface area contributed by atoms with Crippen molar-refractivity contribution in [2.24, 2.45) is 0 Å². The minimum atomic E-state index is -4.80. The molecule has 2 aromatic carbocycles. The van der Waals surface area contributed by atoms with Crippen LogP contribution in [0, 0.1) is 12.7 Å². The highest BCUT2D eigenvalue weighted by Gasteiger charge is 2.41. The van der Waals surface area contributed by atoms with Crippen molar-refractivity contribution in [2.75, 3.05) is 20.2 Å². The van der Waals surface area contributed by atoms with Crippen molar-refractivity contribution in [3.05, 3.63) is 76.2 Å². The summed E-state index contributed by atoms with van der Waals surface area (Å²) >= 11 is 5.89. The molecule has 3 aromatic rings. The van der Waals surface area contributed by atoms with E-state index >= 15 is 4.39 Å². The molecule has 1 unspecified atom stereocenters. The molecule has 0 aliphatic carbocycles. The van der Waals surface area contributed by atoms with Gasteiger partial charge in [0.2, 0.25) is 5.88 Å². The number of hydrogen-bond acceptors (Lipinski definition) is 3. The van der Waals surface area contributed by atoms with Gasteiger partial charge >= 0.3 is 12.3 Å². The third kappa shape index (κ3) is 6.10. The summed E-state index contributed by atoms with van der Waals surface area (Å²) in [4.78, 5) is 14.4. The second-order valence-corrected chi connectivity index (χ2v) is 9.50. The molecule has 2 heterocycles. The normalized spacial score (nSPS) is 15.7. The van der Waals surface area contributed by atoms with Crippen LogP contribution in [0.15, 0.2) is 48.5 Å². The van der Waals surface area contributed by atoms with Crippen LogP contribution in [-0.4, -0.2) is 41.9 Å². The van der Waals surface area contributed by atoms with Crippen LogP contribution in [0.2, 0.25) is 5.02 Å². The first kappa shape index (κ1) is 27.0. The minimum absolute atomic E-state index is 0.0231. The lowest BCUT2D eigenvalue weighted by Crippen LogP contribution is -2.33. The topological polar surface area (TPSA) is 43.7 Å². The van der Waals surface area contributed by atoms with E-state index in [1.165, 1.54) is 31.0 Å². The number of aromatic nitrogens is 1. The van der Waals surface area contributed by atoms with Crippen molar-refractivity contribution >= 4 is 17.7 Å². The van der Waals surface area contributed by atoms with E-state index in [1.54, 1.807) is 30.3 Å². The maximum absolute atomic E-state index is 15.0. The third-order valence-electron chi connectivity index (χ3n) is 6.42. The van der Waals surface area contributed by atoms with E-state index < -0.39 is 23.8 Å². The lowest BCUT2D eigenvalue weighted by Gasteiger charge is -2.21. The predicted octanol–water partition coefficient (Wildman–Crippen LogP) is 7.32. The van der Waals surface area contributed by atoms with Crippen LogP contribution in [0.4, 0.5) is 22.4 Å². The van der Waals surface area contributed by atoms with E-state index in [1.807, 2.05) is 0 Å². The molecule has 1 atom stereocenters. The molecule has 4 rings (SSSR count). The molecular formula is C27H27ClF4N2O3. The zero-order valence-electron chi connectivity index (χ0n) is 20.4. The Bertz CT molecular complexity index is 1250.